The van der Waals surface area contributed by atoms with Gasteiger partial charge in [0.1, 0.15) is 11.6 Å². The van der Waals surface area contributed by atoms with Crippen molar-refractivity contribution in [2.24, 2.45) is 5.10 Å². The maximum atomic E-state index is 13.3. The molecule has 0 N–H and O–H groups in total. The molecule has 0 spiro atoms. The van der Waals surface area contributed by atoms with Gasteiger partial charge in [0, 0.05) is 22.6 Å². The molecule has 0 aromatic heterocycles. The second-order valence-corrected chi connectivity index (χ2v) is 7.65. The van der Waals surface area contributed by atoms with E-state index < -0.39 is 0 Å². The summed E-state index contributed by atoms with van der Waals surface area (Å²) in [5.74, 6) is 0.574. The van der Waals surface area contributed by atoms with Crippen LogP contribution in [0.1, 0.15) is 40.9 Å². The van der Waals surface area contributed by atoms with Gasteiger partial charge in [0.25, 0.3) is 0 Å². The molecule has 0 radical (unpaired) electrons. The Kier molecular flexibility index (Phi) is 4.09. The number of hydrazone groups is 1. The first-order valence-corrected chi connectivity index (χ1v) is 9.61. The number of nitrogens with zero attached hydrogens (tertiary/aromatic N) is 2. The highest BCUT2D eigenvalue weighted by atomic mass is 35.5. The summed E-state index contributed by atoms with van der Waals surface area (Å²) >= 11 is 6.26. The molecule has 5 heteroatoms. The number of hydrogen-bond acceptors (Lipinski definition) is 3. The van der Waals surface area contributed by atoms with Crippen LogP contribution in [0.3, 0.4) is 0 Å². The Labute approximate surface area is 168 Å². The largest absolute Gasteiger partial charge is 0.464 e. The zero-order chi connectivity index (χ0) is 19.3. The van der Waals surface area contributed by atoms with E-state index in [0.29, 0.717) is 11.4 Å². The molecule has 140 valence electrons. The van der Waals surface area contributed by atoms with E-state index in [9.17, 15) is 4.39 Å². The predicted molar refractivity (Wildman–Crippen MR) is 108 cm³/mol. The lowest BCUT2D eigenvalue weighted by atomic mass is 9.96. The molecule has 2 atom stereocenters. The summed E-state index contributed by atoms with van der Waals surface area (Å²) < 4.78 is 19.7. The number of hydrogen-bond donors (Lipinski definition) is 0. The minimum absolute atomic E-state index is 0.0220. The summed E-state index contributed by atoms with van der Waals surface area (Å²) in [7, 11) is 0. The Hall–Kier alpha value is -2.85. The Balaban J connectivity index is 1.59. The predicted octanol–water partition coefficient (Wildman–Crippen LogP) is 6.03. The molecule has 0 unspecified atom stereocenters. The fraction of sp³-hybridized carbons (Fsp3) is 0.174. The number of rotatable bonds is 2. The normalized spacial score (nSPS) is 20.2. The van der Waals surface area contributed by atoms with E-state index in [1.165, 1.54) is 17.7 Å². The summed E-state index contributed by atoms with van der Waals surface area (Å²) in [6.45, 7) is 2.06. The zero-order valence-electron chi connectivity index (χ0n) is 15.3. The van der Waals surface area contributed by atoms with Crippen LogP contribution < -0.4 is 4.74 Å². The highest BCUT2D eigenvalue weighted by Gasteiger charge is 2.41. The Morgan fingerprint density at radius 1 is 1.04 bits per heavy atom. The number of ether oxygens (including phenoxy) is 1. The molecule has 2 aliphatic heterocycles. The monoisotopic (exact) mass is 392 g/mol. The summed E-state index contributed by atoms with van der Waals surface area (Å²) in [6, 6.07) is 20.5. The third-order valence-electron chi connectivity index (χ3n) is 5.29. The Bertz CT molecular complexity index is 1060. The van der Waals surface area contributed by atoms with Crippen molar-refractivity contribution in [2.45, 2.75) is 25.6 Å². The molecule has 2 heterocycles. The molecule has 0 bridgehead atoms. The van der Waals surface area contributed by atoms with Crippen molar-refractivity contribution in [1.82, 2.24) is 5.01 Å². The lowest BCUT2D eigenvalue weighted by Crippen LogP contribution is -2.33. The Morgan fingerprint density at radius 3 is 2.54 bits per heavy atom. The second-order valence-electron chi connectivity index (χ2n) is 7.22. The van der Waals surface area contributed by atoms with Gasteiger partial charge in [0.15, 0.2) is 0 Å². The molecule has 3 nitrogen and oxygen atoms in total. The highest BCUT2D eigenvalue weighted by molar-refractivity contribution is 6.30. The van der Waals surface area contributed by atoms with Gasteiger partial charge in [-0.2, -0.15) is 5.10 Å². The number of halogens is 2. The maximum Gasteiger partial charge on any atom is 0.213 e. The zero-order valence-corrected chi connectivity index (χ0v) is 16.0. The molecule has 0 aliphatic carbocycles. The molecule has 0 amide bonds. The summed E-state index contributed by atoms with van der Waals surface area (Å²) in [4.78, 5) is 0. The summed E-state index contributed by atoms with van der Waals surface area (Å²) in [6.07, 6.45) is 0.391. The van der Waals surface area contributed by atoms with Crippen LogP contribution in [0.4, 0.5) is 4.39 Å². The molecule has 3 aromatic rings. The number of benzene rings is 3. The van der Waals surface area contributed by atoms with Crippen LogP contribution in [-0.4, -0.2) is 10.7 Å². The minimum atomic E-state index is -0.322. The summed E-state index contributed by atoms with van der Waals surface area (Å²) in [5, 5.41) is 7.55. The van der Waals surface area contributed by atoms with Gasteiger partial charge in [-0.1, -0.05) is 53.6 Å². The quantitative estimate of drug-likeness (QED) is 0.532. The van der Waals surface area contributed by atoms with Gasteiger partial charge in [0.05, 0.1) is 11.8 Å². The minimum Gasteiger partial charge on any atom is -0.464 e. The molecular weight excluding hydrogens is 375 g/mol. The standard InChI is InChI=1S/C23H18ClFN2O/c1-14-2-4-16(5-3-14)23-27-21(19-12-17(24)8-11-22(19)28-23)13-20(26-27)15-6-9-18(25)10-7-15/h2-12,21,23H,13H2,1H3/t21-,23+/m1/s1. The van der Waals surface area contributed by atoms with Crippen molar-refractivity contribution in [1.29, 1.82) is 0 Å². The molecule has 0 fully saturated rings. The van der Waals surface area contributed by atoms with E-state index in [4.69, 9.17) is 21.4 Å². The third kappa shape index (κ3) is 2.94. The van der Waals surface area contributed by atoms with Crippen molar-refractivity contribution in [3.05, 3.63) is 99.8 Å². The van der Waals surface area contributed by atoms with Gasteiger partial charge in [-0.25, -0.2) is 9.40 Å². The molecule has 28 heavy (non-hydrogen) atoms. The van der Waals surface area contributed by atoms with Gasteiger partial charge in [-0.3, -0.25) is 0 Å². The first-order chi connectivity index (χ1) is 13.6. The second kappa shape index (κ2) is 6.64. The molecule has 0 saturated heterocycles. The fourth-order valence-electron chi connectivity index (χ4n) is 3.83. The van der Waals surface area contributed by atoms with Crippen LogP contribution >= 0.6 is 11.6 Å². The topological polar surface area (TPSA) is 24.8 Å². The van der Waals surface area contributed by atoms with E-state index in [0.717, 1.165) is 28.2 Å². The lowest BCUT2D eigenvalue weighted by molar-refractivity contribution is -0.0190. The first kappa shape index (κ1) is 17.3. The molecule has 5 rings (SSSR count). The van der Waals surface area contributed by atoms with Gasteiger partial charge in [0.2, 0.25) is 6.23 Å². The smallest absolute Gasteiger partial charge is 0.213 e. The van der Waals surface area contributed by atoms with Crippen molar-refractivity contribution in [3.8, 4) is 5.75 Å². The number of fused-ring (bicyclic) bond motifs is 3. The van der Waals surface area contributed by atoms with Gasteiger partial charge in [-0.05, 0) is 42.8 Å². The van der Waals surface area contributed by atoms with E-state index in [1.807, 2.05) is 23.2 Å². The van der Waals surface area contributed by atoms with Gasteiger partial charge in [-0.15, -0.1) is 0 Å². The number of aryl methyl sites for hydroxylation is 1. The van der Waals surface area contributed by atoms with E-state index in [-0.39, 0.29) is 18.1 Å². The average molecular weight is 393 g/mol. The lowest BCUT2D eigenvalue weighted by Gasteiger charge is -2.38. The molecule has 3 aromatic carbocycles. The summed E-state index contributed by atoms with van der Waals surface area (Å²) in [5.41, 5.74) is 5.10. The van der Waals surface area contributed by atoms with Gasteiger partial charge < -0.3 is 4.74 Å². The van der Waals surface area contributed by atoms with E-state index in [1.54, 1.807) is 12.1 Å². The van der Waals surface area contributed by atoms with Crippen molar-refractivity contribution in [2.75, 3.05) is 0 Å². The van der Waals surface area contributed by atoms with E-state index >= 15 is 0 Å². The van der Waals surface area contributed by atoms with Crippen LogP contribution in [0.15, 0.2) is 71.8 Å². The van der Waals surface area contributed by atoms with Crippen LogP contribution in [-0.2, 0) is 0 Å². The molecule has 0 saturated carbocycles. The van der Waals surface area contributed by atoms with E-state index in [2.05, 4.69) is 31.2 Å². The molecule has 2 aliphatic rings. The van der Waals surface area contributed by atoms with Crippen LogP contribution in [0, 0.1) is 12.7 Å². The maximum absolute atomic E-state index is 13.3. The average Bonchev–Trinajstić information content (AvgIpc) is 3.14. The SMILES string of the molecule is Cc1ccc([C@@H]2Oc3ccc(Cl)cc3[C@H]3CC(c4ccc(F)cc4)=NN32)cc1. The van der Waals surface area contributed by atoms with Gasteiger partial charge >= 0.3 is 0 Å². The van der Waals surface area contributed by atoms with Crippen LogP contribution in [0.2, 0.25) is 5.02 Å². The highest BCUT2D eigenvalue weighted by Crippen LogP contribution is 2.48. The van der Waals surface area contributed by atoms with Crippen molar-refractivity contribution >= 4 is 17.3 Å². The van der Waals surface area contributed by atoms with Crippen LogP contribution in [0.5, 0.6) is 5.75 Å². The van der Waals surface area contributed by atoms with Crippen LogP contribution in [0.25, 0.3) is 0 Å². The van der Waals surface area contributed by atoms with Crippen molar-refractivity contribution in [3.63, 3.8) is 0 Å². The first-order valence-electron chi connectivity index (χ1n) is 9.23. The Morgan fingerprint density at radius 2 is 1.79 bits per heavy atom. The third-order valence-corrected chi connectivity index (χ3v) is 5.53. The van der Waals surface area contributed by atoms with Crippen molar-refractivity contribution < 1.29 is 9.13 Å². The molecular formula is C23H18ClFN2O. The fourth-order valence-corrected chi connectivity index (χ4v) is 4.01.